The molecule has 1 aromatic heterocycles. The topological polar surface area (TPSA) is 107 Å². The van der Waals surface area contributed by atoms with E-state index in [1.165, 1.54) is 12.1 Å². The smallest absolute Gasteiger partial charge is 0.275 e. The number of rotatable bonds is 4. The van der Waals surface area contributed by atoms with Gasteiger partial charge in [-0.2, -0.15) is 5.10 Å². The molecule has 7 heteroatoms. The van der Waals surface area contributed by atoms with Gasteiger partial charge in [-0.15, -0.1) is 0 Å². The third kappa shape index (κ3) is 3.40. The number of hydrogen-bond acceptors (Lipinski definition) is 4. The monoisotopic (exact) mass is 336 g/mol. The van der Waals surface area contributed by atoms with E-state index in [2.05, 4.69) is 10.4 Å². The van der Waals surface area contributed by atoms with E-state index in [-0.39, 0.29) is 12.1 Å². The van der Waals surface area contributed by atoms with Crippen LogP contribution in [0.3, 0.4) is 0 Å². The second-order valence-electron chi connectivity index (χ2n) is 5.58. The Bertz CT molecular complexity index is 1020. The summed E-state index contributed by atoms with van der Waals surface area (Å²) in [6, 6.07) is 13.3. The number of aromatic nitrogens is 2. The van der Waals surface area contributed by atoms with Gasteiger partial charge in [0, 0.05) is 16.6 Å². The number of nitrogens with zero attached hydrogens (tertiary/aromatic N) is 2. The zero-order chi connectivity index (χ0) is 18.0. The average molecular weight is 336 g/mol. The van der Waals surface area contributed by atoms with Crippen molar-refractivity contribution in [3.05, 3.63) is 70.1 Å². The van der Waals surface area contributed by atoms with E-state index in [1.807, 2.05) is 12.1 Å². The predicted octanol–water partition coefficient (Wildman–Crippen LogP) is 1.44. The molecule has 0 saturated carbocycles. The van der Waals surface area contributed by atoms with Gasteiger partial charge in [0.2, 0.25) is 11.8 Å². The molecule has 0 fully saturated rings. The maximum Gasteiger partial charge on any atom is 0.275 e. The van der Waals surface area contributed by atoms with Crippen molar-refractivity contribution >= 4 is 28.3 Å². The van der Waals surface area contributed by atoms with E-state index in [0.29, 0.717) is 22.3 Å². The van der Waals surface area contributed by atoms with Crippen molar-refractivity contribution in [3.63, 3.8) is 0 Å². The minimum atomic E-state index is -0.541. The molecule has 3 N–H and O–H groups in total. The number of primary amides is 1. The molecule has 0 aliphatic heterocycles. The lowest BCUT2D eigenvalue weighted by Gasteiger charge is -2.09. The lowest BCUT2D eigenvalue weighted by Crippen LogP contribution is -2.30. The van der Waals surface area contributed by atoms with Gasteiger partial charge in [0.25, 0.3) is 5.56 Å². The number of aryl methyl sites for hydroxylation is 1. The van der Waals surface area contributed by atoms with Gasteiger partial charge in [-0.3, -0.25) is 14.4 Å². The van der Waals surface area contributed by atoms with Crippen LogP contribution in [0.2, 0.25) is 0 Å². The van der Waals surface area contributed by atoms with E-state index in [0.717, 1.165) is 10.1 Å². The van der Waals surface area contributed by atoms with Crippen molar-refractivity contribution < 1.29 is 9.59 Å². The molecule has 2 amide bonds. The van der Waals surface area contributed by atoms with E-state index < -0.39 is 11.8 Å². The number of carbonyl (C=O) groups excluding carboxylic acids is 2. The molecule has 0 unspecified atom stereocenters. The molecule has 25 heavy (non-hydrogen) atoms. The Morgan fingerprint density at radius 2 is 1.72 bits per heavy atom. The van der Waals surface area contributed by atoms with Crippen LogP contribution in [0, 0.1) is 6.92 Å². The Morgan fingerprint density at radius 1 is 1.08 bits per heavy atom. The summed E-state index contributed by atoms with van der Waals surface area (Å²) in [7, 11) is 0. The van der Waals surface area contributed by atoms with Crippen LogP contribution in [0.5, 0.6) is 0 Å². The summed E-state index contributed by atoms with van der Waals surface area (Å²) >= 11 is 0. The zero-order valence-electron chi connectivity index (χ0n) is 13.5. The summed E-state index contributed by atoms with van der Waals surface area (Å²) < 4.78 is 1.14. The zero-order valence-corrected chi connectivity index (χ0v) is 13.5. The van der Waals surface area contributed by atoms with Gasteiger partial charge in [0.15, 0.2) is 0 Å². The molecule has 0 radical (unpaired) electrons. The normalized spacial score (nSPS) is 10.6. The molecule has 3 aromatic rings. The van der Waals surface area contributed by atoms with Gasteiger partial charge < -0.3 is 11.1 Å². The molecule has 3 rings (SSSR count). The molecule has 0 spiro atoms. The Balaban J connectivity index is 1.81. The Hall–Kier alpha value is -3.48. The molecule has 0 atom stereocenters. The maximum atomic E-state index is 12.5. The quantitative estimate of drug-likeness (QED) is 0.751. The molecule has 2 aromatic carbocycles. The van der Waals surface area contributed by atoms with Gasteiger partial charge in [0.1, 0.15) is 6.54 Å². The first-order valence-electron chi connectivity index (χ1n) is 7.62. The highest BCUT2D eigenvalue weighted by Gasteiger charge is 2.11. The maximum absolute atomic E-state index is 12.5. The van der Waals surface area contributed by atoms with Crippen LogP contribution in [0.15, 0.2) is 53.3 Å². The molecule has 0 bridgehead atoms. The number of hydrogen-bond donors (Lipinski definition) is 2. The number of nitrogens with one attached hydrogen (secondary N) is 1. The van der Waals surface area contributed by atoms with Gasteiger partial charge in [0.05, 0.1) is 11.1 Å². The number of fused-ring (bicyclic) bond motifs is 1. The second kappa shape index (κ2) is 6.56. The first-order chi connectivity index (χ1) is 12.0. The summed E-state index contributed by atoms with van der Waals surface area (Å²) in [6.45, 7) is 1.58. The highest BCUT2D eigenvalue weighted by molar-refractivity contribution is 5.94. The fourth-order valence-corrected chi connectivity index (χ4v) is 2.57. The minimum Gasteiger partial charge on any atom is -0.366 e. The van der Waals surface area contributed by atoms with Crippen LogP contribution in [-0.4, -0.2) is 21.6 Å². The number of carbonyl (C=O) groups is 2. The van der Waals surface area contributed by atoms with Crippen LogP contribution in [0.25, 0.3) is 10.8 Å². The lowest BCUT2D eigenvalue weighted by atomic mass is 10.1. The predicted molar refractivity (Wildman–Crippen MR) is 94.3 cm³/mol. The largest absolute Gasteiger partial charge is 0.366 e. The van der Waals surface area contributed by atoms with Crippen LogP contribution in [-0.2, 0) is 11.3 Å². The van der Waals surface area contributed by atoms with Crippen molar-refractivity contribution in [1.29, 1.82) is 0 Å². The molecular formula is C18H16N4O3. The van der Waals surface area contributed by atoms with E-state index in [9.17, 15) is 14.4 Å². The van der Waals surface area contributed by atoms with Gasteiger partial charge in [-0.25, -0.2) is 4.68 Å². The number of anilines is 1. The minimum absolute atomic E-state index is 0.206. The molecule has 0 saturated heterocycles. The summed E-state index contributed by atoms with van der Waals surface area (Å²) in [4.78, 5) is 35.7. The molecule has 7 nitrogen and oxygen atoms in total. The molecule has 0 aliphatic carbocycles. The highest BCUT2D eigenvalue weighted by Crippen LogP contribution is 2.12. The van der Waals surface area contributed by atoms with E-state index in [1.54, 1.807) is 31.2 Å². The number of benzene rings is 2. The summed E-state index contributed by atoms with van der Waals surface area (Å²) in [5.41, 5.74) is 6.38. The second-order valence-corrected chi connectivity index (χ2v) is 5.58. The lowest BCUT2D eigenvalue weighted by molar-refractivity contribution is -0.117. The van der Waals surface area contributed by atoms with Crippen molar-refractivity contribution in [1.82, 2.24) is 9.78 Å². The van der Waals surface area contributed by atoms with Crippen LogP contribution < -0.4 is 16.6 Å². The van der Waals surface area contributed by atoms with Crippen molar-refractivity contribution in [2.24, 2.45) is 5.73 Å². The van der Waals surface area contributed by atoms with Crippen LogP contribution in [0.1, 0.15) is 16.1 Å². The summed E-state index contributed by atoms with van der Waals surface area (Å²) in [6.07, 6.45) is 0. The number of amides is 2. The number of nitrogens with two attached hydrogens (primary N) is 1. The molecule has 1 heterocycles. The SMILES string of the molecule is Cc1nn(CC(=O)Nc2ccc(C(N)=O)cc2)c(=O)c2ccccc12. The molecule has 126 valence electrons. The average Bonchev–Trinajstić information content (AvgIpc) is 2.60. The van der Waals surface area contributed by atoms with Crippen molar-refractivity contribution in [2.45, 2.75) is 13.5 Å². The Kier molecular flexibility index (Phi) is 4.30. The van der Waals surface area contributed by atoms with Gasteiger partial charge in [-0.05, 0) is 37.3 Å². The summed E-state index contributed by atoms with van der Waals surface area (Å²) in [5, 5.41) is 8.15. The highest BCUT2D eigenvalue weighted by atomic mass is 16.2. The van der Waals surface area contributed by atoms with Gasteiger partial charge in [-0.1, -0.05) is 18.2 Å². The first-order valence-corrected chi connectivity index (χ1v) is 7.62. The molecule has 0 aliphatic rings. The molecular weight excluding hydrogens is 320 g/mol. The fourth-order valence-electron chi connectivity index (χ4n) is 2.57. The Labute approximate surface area is 143 Å². The van der Waals surface area contributed by atoms with Crippen LogP contribution in [0.4, 0.5) is 5.69 Å². The Morgan fingerprint density at radius 3 is 2.36 bits per heavy atom. The van der Waals surface area contributed by atoms with Crippen molar-refractivity contribution in [3.8, 4) is 0 Å². The standard InChI is InChI=1S/C18H16N4O3/c1-11-14-4-2-3-5-15(14)18(25)22(21-11)10-16(23)20-13-8-6-12(7-9-13)17(19)24/h2-9H,10H2,1H3,(H2,19,24)(H,20,23). The van der Waals surface area contributed by atoms with E-state index in [4.69, 9.17) is 5.73 Å². The van der Waals surface area contributed by atoms with Crippen molar-refractivity contribution in [2.75, 3.05) is 5.32 Å². The third-order valence-corrected chi connectivity index (χ3v) is 3.80. The summed E-state index contributed by atoms with van der Waals surface area (Å²) in [5.74, 6) is -0.934. The first kappa shape index (κ1) is 16.4. The van der Waals surface area contributed by atoms with Crippen LogP contribution >= 0.6 is 0 Å². The fraction of sp³-hybridized carbons (Fsp3) is 0.111. The third-order valence-electron chi connectivity index (χ3n) is 3.80. The van der Waals surface area contributed by atoms with Gasteiger partial charge >= 0.3 is 0 Å². The van der Waals surface area contributed by atoms with E-state index >= 15 is 0 Å².